The average molecular weight is 885 g/mol. The van der Waals surface area contributed by atoms with Crippen LogP contribution in [0.4, 0.5) is 0 Å². The van der Waals surface area contributed by atoms with Gasteiger partial charge in [0.2, 0.25) is 5.60 Å². The number of likely N-dealkylation sites (tertiary alicyclic amines) is 1. The summed E-state index contributed by atoms with van der Waals surface area (Å²) in [4.78, 5) is 54.9. The predicted octanol–water partition coefficient (Wildman–Crippen LogP) is 5.26. The number of H-pyrrole nitrogens is 1. The minimum absolute atomic E-state index is 0.0326. The van der Waals surface area contributed by atoms with Crippen molar-refractivity contribution in [1.82, 2.24) is 19.7 Å². The summed E-state index contributed by atoms with van der Waals surface area (Å²) in [7, 11) is 6.34. The average Bonchev–Trinajstić information content (AvgIpc) is 3.93. The quantitative estimate of drug-likeness (QED) is 0.0836. The van der Waals surface area contributed by atoms with E-state index in [9.17, 15) is 19.8 Å². The zero-order valence-corrected chi connectivity index (χ0v) is 38.6. The standard InChI is InChI=1S/C49H64N4O9S/c1-8-30-21-31-25-48(44(56)60-6,40-34(28-52(26-30)27-31)33-22-32(13-14-37(33)50-40)63-20-11-10-19-54)36-23-35-38(24-39(36)59-5)51(4)42-47(35)16-18-53-17-12-15-46(9-2,41(47)53)43(62-29(3)55)49(42,58)45(57)61-7/h12-15,21-24,31,36,39,41-43,50,54,58H,8-11,16-20,25-28H2,1-7H3/t31-,36?,39?,41+,42-,43-,46-,47-,48+,49+/m1/s1. The number of rotatable bonds is 12. The lowest BCUT2D eigenvalue weighted by Crippen LogP contribution is -2.79. The Morgan fingerprint density at radius 2 is 1.81 bits per heavy atom. The number of allylic oxidation sites excluding steroid dienone is 1. The molecule has 1 saturated carbocycles. The van der Waals surface area contributed by atoms with E-state index in [2.05, 4.69) is 70.3 Å². The number of benzene rings is 1. The molecule has 5 aliphatic heterocycles. The van der Waals surface area contributed by atoms with Gasteiger partial charge in [-0.05, 0) is 92.2 Å². The lowest BCUT2D eigenvalue weighted by Gasteiger charge is -2.63. The number of likely N-dealkylation sites (N-methyl/N-ethyl adjacent to an activating group) is 1. The Bertz CT molecular complexity index is 2300. The Morgan fingerprint density at radius 1 is 1.02 bits per heavy atom. The van der Waals surface area contributed by atoms with Gasteiger partial charge in [-0.3, -0.25) is 19.4 Å². The highest BCUT2D eigenvalue weighted by molar-refractivity contribution is 7.99. The number of hydrogen-bond donors (Lipinski definition) is 3. The highest BCUT2D eigenvalue weighted by Crippen LogP contribution is 2.70. The Kier molecular flexibility index (Phi) is 11.6. The number of hydrogen-bond acceptors (Lipinski definition) is 13. The van der Waals surface area contributed by atoms with Crippen molar-refractivity contribution in [3.63, 3.8) is 0 Å². The largest absolute Gasteiger partial charge is 0.468 e. The molecule has 3 N–H and O–H groups in total. The molecule has 2 saturated heterocycles. The molecule has 11 atom stereocenters. The van der Waals surface area contributed by atoms with E-state index in [1.807, 2.05) is 18.9 Å². The number of fused-ring (bicyclic) bond motifs is 6. The number of carbonyl (C=O) groups excluding carboxylic acids is 3. The molecule has 13 nitrogen and oxygen atoms in total. The van der Waals surface area contributed by atoms with Crippen LogP contribution in [0, 0.1) is 22.7 Å². The summed E-state index contributed by atoms with van der Waals surface area (Å²) >= 11 is 1.78. The first-order valence-electron chi connectivity index (χ1n) is 22.8. The molecular weight excluding hydrogens is 821 g/mol. The first-order valence-corrected chi connectivity index (χ1v) is 23.8. The maximum atomic E-state index is 15.5. The second kappa shape index (κ2) is 16.5. The van der Waals surface area contributed by atoms with E-state index in [-0.39, 0.29) is 24.5 Å². The highest BCUT2D eigenvalue weighted by Gasteiger charge is 2.81. The van der Waals surface area contributed by atoms with Gasteiger partial charge in [0.25, 0.3) is 0 Å². The Morgan fingerprint density at radius 3 is 2.51 bits per heavy atom. The molecule has 3 unspecified atom stereocenters. The molecule has 1 spiro atoms. The molecule has 7 aliphatic rings. The fourth-order valence-corrected chi connectivity index (χ4v) is 14.8. The number of aromatic nitrogens is 1. The number of nitrogens with zero attached hydrogens (tertiary/aromatic N) is 3. The summed E-state index contributed by atoms with van der Waals surface area (Å²) in [5, 5.41) is 23.9. The molecule has 63 heavy (non-hydrogen) atoms. The Labute approximate surface area is 374 Å². The van der Waals surface area contributed by atoms with Gasteiger partial charge in [0.05, 0.1) is 26.4 Å². The Hall–Kier alpha value is -3.92. The van der Waals surface area contributed by atoms with Gasteiger partial charge in [0.15, 0.2) is 6.10 Å². The number of aromatic amines is 1. The van der Waals surface area contributed by atoms with E-state index in [1.165, 1.54) is 26.7 Å². The number of unbranched alkanes of at least 4 members (excludes halogenated alkanes) is 1. The van der Waals surface area contributed by atoms with Gasteiger partial charge >= 0.3 is 17.9 Å². The van der Waals surface area contributed by atoms with Gasteiger partial charge in [0, 0.05) is 104 Å². The molecule has 340 valence electrons. The highest BCUT2D eigenvalue weighted by atomic mass is 32.2. The van der Waals surface area contributed by atoms with Crippen molar-refractivity contribution >= 4 is 40.6 Å². The number of esters is 3. The predicted molar refractivity (Wildman–Crippen MR) is 240 cm³/mol. The SMILES string of the molecule is CCC1=C[C@H]2CN(C1)Cc1c([nH]c3ccc(SCCCCO)cc13)[C@@](C(=O)OC)(C1C=C3C(=CC1OC)N(C)[C@H]1[C@@](O)(C(=O)OC)[C@H](OC(C)=O)[C@]4(CC)C=CCN5CC[C@]31[C@@H]54)C2. The van der Waals surface area contributed by atoms with Crippen molar-refractivity contribution in [3.05, 3.63) is 76.7 Å². The van der Waals surface area contributed by atoms with Crippen LogP contribution in [0.5, 0.6) is 0 Å². The molecule has 6 heterocycles. The monoisotopic (exact) mass is 884 g/mol. The van der Waals surface area contributed by atoms with Crippen LogP contribution in [-0.2, 0) is 45.3 Å². The molecule has 2 aromatic rings. The molecule has 3 fully saturated rings. The van der Waals surface area contributed by atoms with Gasteiger partial charge in [-0.1, -0.05) is 43.7 Å². The fraction of sp³-hybridized carbons (Fsp3) is 0.612. The van der Waals surface area contributed by atoms with E-state index in [4.69, 9.17) is 18.9 Å². The van der Waals surface area contributed by atoms with E-state index >= 15 is 4.79 Å². The van der Waals surface area contributed by atoms with Crippen molar-refractivity contribution < 1.29 is 43.5 Å². The molecule has 2 aliphatic carbocycles. The zero-order chi connectivity index (χ0) is 44.6. The maximum Gasteiger partial charge on any atom is 0.344 e. The van der Waals surface area contributed by atoms with Gasteiger partial charge in [-0.25, -0.2) is 4.79 Å². The van der Waals surface area contributed by atoms with Crippen molar-refractivity contribution in [2.24, 2.45) is 22.7 Å². The molecule has 1 aromatic carbocycles. The van der Waals surface area contributed by atoms with Crippen LogP contribution in [0.2, 0.25) is 0 Å². The number of nitrogens with one attached hydrogen (secondary N) is 1. The van der Waals surface area contributed by atoms with Crippen LogP contribution in [0.3, 0.4) is 0 Å². The summed E-state index contributed by atoms with van der Waals surface area (Å²) in [6.07, 6.45) is 13.1. The van der Waals surface area contributed by atoms with E-state index < -0.39 is 58.0 Å². The smallest absolute Gasteiger partial charge is 0.344 e. The van der Waals surface area contributed by atoms with Crippen LogP contribution < -0.4 is 0 Å². The molecule has 14 heteroatoms. The second-order valence-corrected chi connectivity index (χ2v) is 20.1. The summed E-state index contributed by atoms with van der Waals surface area (Å²) in [6.45, 7) is 9.37. The fourth-order valence-electron chi connectivity index (χ4n) is 13.8. The van der Waals surface area contributed by atoms with Crippen LogP contribution >= 0.6 is 11.8 Å². The molecule has 2 bridgehead atoms. The van der Waals surface area contributed by atoms with E-state index in [1.54, 1.807) is 18.9 Å². The molecule has 1 aromatic heterocycles. The number of methoxy groups -OCH3 is 3. The minimum atomic E-state index is -2.28. The van der Waals surface area contributed by atoms with Crippen molar-refractivity contribution in [3.8, 4) is 0 Å². The van der Waals surface area contributed by atoms with Crippen LogP contribution in [0.15, 0.2) is 70.3 Å². The molecule has 0 amide bonds. The summed E-state index contributed by atoms with van der Waals surface area (Å²) in [6, 6.07) is 5.34. The van der Waals surface area contributed by atoms with Gasteiger partial charge in [-0.15, -0.1) is 11.8 Å². The first kappa shape index (κ1) is 44.3. The maximum absolute atomic E-state index is 15.5. The van der Waals surface area contributed by atoms with Crippen LogP contribution in [-0.4, -0.2) is 145 Å². The number of thioether (sulfide) groups is 1. The van der Waals surface area contributed by atoms with Gasteiger partial charge in [0.1, 0.15) is 5.41 Å². The Balaban J connectivity index is 1.30. The lowest BCUT2D eigenvalue weighted by molar-refractivity contribution is -0.243. The van der Waals surface area contributed by atoms with E-state index in [0.717, 1.165) is 76.4 Å². The molecule has 9 rings (SSSR count). The number of aliphatic hydroxyl groups excluding tert-OH is 1. The van der Waals surface area contributed by atoms with Gasteiger partial charge < -0.3 is 39.0 Å². The summed E-state index contributed by atoms with van der Waals surface area (Å²) in [5.74, 6) is -1.45. The number of carbonyl (C=O) groups is 3. The van der Waals surface area contributed by atoms with Crippen molar-refractivity contribution in [2.45, 2.75) is 106 Å². The lowest BCUT2D eigenvalue weighted by atomic mass is 9.47. The third-order valence-corrected chi connectivity index (χ3v) is 17.1. The second-order valence-electron chi connectivity index (χ2n) is 19.0. The number of aliphatic hydroxyl groups is 2. The minimum Gasteiger partial charge on any atom is -0.468 e. The normalized spacial score (nSPS) is 36.5. The number of ether oxygens (including phenoxy) is 4. The zero-order valence-electron chi connectivity index (χ0n) is 37.8. The van der Waals surface area contributed by atoms with E-state index in [0.29, 0.717) is 38.9 Å². The third-order valence-electron chi connectivity index (χ3n) is 16.1. The molecule has 0 radical (unpaired) electrons. The summed E-state index contributed by atoms with van der Waals surface area (Å²) in [5.41, 5.74) is 0.609. The summed E-state index contributed by atoms with van der Waals surface area (Å²) < 4.78 is 24.3. The third kappa shape index (κ3) is 6.31. The van der Waals surface area contributed by atoms with Crippen molar-refractivity contribution in [1.29, 1.82) is 0 Å². The van der Waals surface area contributed by atoms with Gasteiger partial charge in [-0.2, -0.15) is 0 Å². The van der Waals surface area contributed by atoms with Crippen LogP contribution in [0.1, 0.15) is 70.6 Å². The van der Waals surface area contributed by atoms with Crippen LogP contribution in [0.25, 0.3) is 10.9 Å². The first-order chi connectivity index (χ1) is 30.3. The van der Waals surface area contributed by atoms with Crippen molar-refractivity contribution in [2.75, 3.05) is 66.9 Å². The topological polar surface area (TPSA) is 154 Å². The molecular formula is C49H64N4O9S.